The number of anilines is 4. The van der Waals surface area contributed by atoms with Crippen molar-refractivity contribution in [1.82, 2.24) is 19.5 Å². The lowest BCUT2D eigenvalue weighted by atomic mass is 10.2. The van der Waals surface area contributed by atoms with Crippen LogP contribution in [0.5, 0.6) is 5.75 Å². The quantitative estimate of drug-likeness (QED) is 0.293. The van der Waals surface area contributed by atoms with E-state index < -0.39 is 0 Å². The van der Waals surface area contributed by atoms with Crippen LogP contribution in [0.3, 0.4) is 0 Å². The van der Waals surface area contributed by atoms with Crippen molar-refractivity contribution in [1.29, 1.82) is 0 Å². The maximum absolute atomic E-state index is 5.82. The minimum Gasteiger partial charge on any atom is -0.492 e. The second kappa shape index (κ2) is 10.1. The Morgan fingerprint density at radius 2 is 1.66 bits per heavy atom. The number of aromatic nitrogens is 4. The van der Waals surface area contributed by atoms with Crippen molar-refractivity contribution in [3.8, 4) is 11.4 Å². The Kier molecular flexibility index (Phi) is 6.43. The van der Waals surface area contributed by atoms with E-state index in [4.69, 9.17) is 14.7 Å². The van der Waals surface area contributed by atoms with E-state index in [0.717, 1.165) is 22.8 Å². The maximum Gasteiger partial charge on any atom is 0.231 e. The molecule has 0 radical (unpaired) electrons. The molecule has 0 unspecified atom stereocenters. The molecule has 0 spiro atoms. The summed E-state index contributed by atoms with van der Waals surface area (Å²) in [7, 11) is 4.03. The normalized spacial score (nSPS) is 10.8. The minimum atomic E-state index is 0.484. The zero-order chi connectivity index (χ0) is 24.0. The van der Waals surface area contributed by atoms with E-state index in [1.807, 2.05) is 91.5 Å². The van der Waals surface area contributed by atoms with Crippen LogP contribution in [0.15, 0.2) is 91.3 Å². The Morgan fingerprint density at radius 1 is 0.886 bits per heavy atom. The molecule has 8 nitrogen and oxygen atoms in total. The summed E-state index contributed by atoms with van der Waals surface area (Å²) in [5.74, 6) is 1.96. The number of rotatable bonds is 9. The first-order chi connectivity index (χ1) is 17.2. The molecule has 3 aromatic carbocycles. The van der Waals surface area contributed by atoms with Gasteiger partial charge < -0.3 is 20.3 Å². The first kappa shape index (κ1) is 22.2. The number of nitrogens with zero attached hydrogens (tertiary/aromatic N) is 5. The number of imidazole rings is 1. The number of fused-ring (bicyclic) bond motifs is 1. The van der Waals surface area contributed by atoms with Crippen molar-refractivity contribution in [2.24, 2.45) is 0 Å². The van der Waals surface area contributed by atoms with Gasteiger partial charge in [0.2, 0.25) is 5.95 Å². The molecule has 2 aromatic heterocycles. The molecule has 0 saturated carbocycles. The molecule has 8 heteroatoms. The first-order valence-electron chi connectivity index (χ1n) is 11.4. The molecule has 2 N–H and O–H groups in total. The Bertz CT molecular complexity index is 1400. The highest BCUT2D eigenvalue weighted by Crippen LogP contribution is 2.26. The second-order valence-corrected chi connectivity index (χ2v) is 8.18. The fraction of sp³-hybridized carbons (Fsp3) is 0.148. The Morgan fingerprint density at radius 3 is 2.43 bits per heavy atom. The molecule has 0 fully saturated rings. The van der Waals surface area contributed by atoms with Crippen molar-refractivity contribution in [2.45, 2.75) is 0 Å². The summed E-state index contributed by atoms with van der Waals surface area (Å²) in [5.41, 5.74) is 4.37. The molecular formula is C27H27N7O. The van der Waals surface area contributed by atoms with Crippen LogP contribution < -0.4 is 20.3 Å². The molecule has 0 aliphatic carbocycles. The highest BCUT2D eigenvalue weighted by Gasteiger charge is 2.15. The van der Waals surface area contributed by atoms with Gasteiger partial charge in [-0.1, -0.05) is 42.5 Å². The van der Waals surface area contributed by atoms with Gasteiger partial charge in [0, 0.05) is 31.2 Å². The van der Waals surface area contributed by atoms with Gasteiger partial charge >= 0.3 is 0 Å². The molecule has 5 rings (SSSR count). The number of benzene rings is 3. The summed E-state index contributed by atoms with van der Waals surface area (Å²) in [6, 6.07) is 27.9. The molecule has 0 atom stereocenters. The van der Waals surface area contributed by atoms with Crippen molar-refractivity contribution < 1.29 is 4.74 Å². The molecule has 0 saturated heterocycles. The summed E-state index contributed by atoms with van der Waals surface area (Å²) in [5, 5.41) is 6.73. The first-order valence-corrected chi connectivity index (χ1v) is 11.4. The van der Waals surface area contributed by atoms with Crippen LogP contribution in [0.25, 0.3) is 16.9 Å². The van der Waals surface area contributed by atoms with Crippen LogP contribution in [-0.4, -0.2) is 46.8 Å². The number of nitrogens with one attached hydrogen (secondary N) is 2. The van der Waals surface area contributed by atoms with E-state index in [-0.39, 0.29) is 0 Å². The van der Waals surface area contributed by atoms with Gasteiger partial charge in [0.25, 0.3) is 0 Å². The van der Waals surface area contributed by atoms with Gasteiger partial charge in [0.1, 0.15) is 18.7 Å². The number of hydrogen-bond acceptors (Lipinski definition) is 7. The summed E-state index contributed by atoms with van der Waals surface area (Å²) >= 11 is 0. The third kappa shape index (κ3) is 5.16. The van der Waals surface area contributed by atoms with E-state index in [9.17, 15) is 0 Å². The average Bonchev–Trinajstić information content (AvgIpc) is 3.32. The van der Waals surface area contributed by atoms with Crippen LogP contribution in [0.1, 0.15) is 0 Å². The zero-order valence-corrected chi connectivity index (χ0v) is 19.7. The Labute approximate surface area is 204 Å². The smallest absolute Gasteiger partial charge is 0.231 e. The third-order valence-electron chi connectivity index (χ3n) is 5.46. The summed E-state index contributed by atoms with van der Waals surface area (Å²) in [4.78, 5) is 16.2. The molecule has 176 valence electrons. The van der Waals surface area contributed by atoms with Crippen molar-refractivity contribution in [3.05, 3.63) is 91.3 Å². The number of para-hydroxylation sites is 2. The molecule has 0 amide bonds. The topological polar surface area (TPSA) is 80.1 Å². The molecule has 0 bridgehead atoms. The van der Waals surface area contributed by atoms with Gasteiger partial charge in [-0.3, -0.25) is 4.57 Å². The van der Waals surface area contributed by atoms with Gasteiger partial charge in [-0.15, -0.1) is 0 Å². The van der Waals surface area contributed by atoms with Crippen molar-refractivity contribution in [2.75, 3.05) is 42.8 Å². The predicted molar refractivity (Wildman–Crippen MR) is 141 cm³/mol. The summed E-state index contributed by atoms with van der Waals surface area (Å²) < 4.78 is 7.79. The van der Waals surface area contributed by atoms with Crippen LogP contribution in [0, 0.1) is 0 Å². The average molecular weight is 466 g/mol. The summed E-state index contributed by atoms with van der Waals surface area (Å²) in [6.45, 7) is 1.05. The predicted octanol–water partition coefficient (Wildman–Crippen LogP) is 5.12. The lowest BCUT2D eigenvalue weighted by Crippen LogP contribution is -2.14. The van der Waals surface area contributed by atoms with Gasteiger partial charge in [0.05, 0.1) is 6.54 Å². The van der Waals surface area contributed by atoms with E-state index in [0.29, 0.717) is 36.1 Å². The highest BCUT2D eigenvalue weighted by atomic mass is 16.5. The minimum absolute atomic E-state index is 0.484. The van der Waals surface area contributed by atoms with Gasteiger partial charge in [0.15, 0.2) is 17.0 Å². The number of hydrogen-bond donors (Lipinski definition) is 2. The SMILES string of the molecule is CN(C)c1cccc(Nc2nc(NCCOc3ccccc3)c3ncn(-c4ccccc4)c3n2)c1. The highest BCUT2D eigenvalue weighted by molar-refractivity contribution is 5.86. The van der Waals surface area contributed by atoms with Crippen LogP contribution in [-0.2, 0) is 0 Å². The standard InChI is InChI=1S/C27H27N7O/c1-33(2)22-13-9-10-20(18-22)30-27-31-25(28-16-17-35-23-14-7-4-8-15-23)24-26(32-27)34(19-29-24)21-11-5-3-6-12-21/h3-15,18-19H,16-17H2,1-2H3,(H2,28,30,31,32). The van der Waals surface area contributed by atoms with Crippen LogP contribution in [0.4, 0.5) is 23.1 Å². The Hall–Kier alpha value is -4.59. The lowest BCUT2D eigenvalue weighted by molar-refractivity contribution is 0.333. The van der Waals surface area contributed by atoms with Crippen LogP contribution >= 0.6 is 0 Å². The third-order valence-corrected chi connectivity index (χ3v) is 5.46. The fourth-order valence-electron chi connectivity index (χ4n) is 3.70. The molecular weight excluding hydrogens is 438 g/mol. The van der Waals surface area contributed by atoms with E-state index in [2.05, 4.69) is 32.7 Å². The Balaban J connectivity index is 1.45. The lowest BCUT2D eigenvalue weighted by Gasteiger charge is -2.15. The van der Waals surface area contributed by atoms with Gasteiger partial charge in [-0.25, -0.2) is 4.98 Å². The fourth-order valence-corrected chi connectivity index (χ4v) is 3.70. The molecule has 35 heavy (non-hydrogen) atoms. The van der Waals surface area contributed by atoms with E-state index >= 15 is 0 Å². The second-order valence-electron chi connectivity index (χ2n) is 8.18. The van der Waals surface area contributed by atoms with Gasteiger partial charge in [-0.05, 0) is 42.5 Å². The molecule has 2 heterocycles. The molecule has 0 aliphatic rings. The molecule has 5 aromatic rings. The van der Waals surface area contributed by atoms with Crippen molar-refractivity contribution >= 4 is 34.3 Å². The number of ether oxygens (including phenoxy) is 1. The monoisotopic (exact) mass is 465 g/mol. The maximum atomic E-state index is 5.82. The van der Waals surface area contributed by atoms with Gasteiger partial charge in [-0.2, -0.15) is 9.97 Å². The molecule has 0 aliphatic heterocycles. The van der Waals surface area contributed by atoms with E-state index in [1.165, 1.54) is 0 Å². The van der Waals surface area contributed by atoms with E-state index in [1.54, 1.807) is 6.33 Å². The largest absolute Gasteiger partial charge is 0.492 e. The van der Waals surface area contributed by atoms with Crippen LogP contribution in [0.2, 0.25) is 0 Å². The van der Waals surface area contributed by atoms with Crippen molar-refractivity contribution in [3.63, 3.8) is 0 Å². The zero-order valence-electron chi connectivity index (χ0n) is 19.7. The summed E-state index contributed by atoms with van der Waals surface area (Å²) in [6.07, 6.45) is 1.77.